The molecule has 2 aromatic carbocycles. The summed E-state index contributed by atoms with van der Waals surface area (Å²) in [5.41, 5.74) is 4.29. The second-order valence-corrected chi connectivity index (χ2v) is 8.19. The number of aryl methyl sites for hydroxylation is 1. The van der Waals surface area contributed by atoms with Crippen LogP contribution >= 0.6 is 11.3 Å². The van der Waals surface area contributed by atoms with Gasteiger partial charge in [-0.25, -0.2) is 0 Å². The largest absolute Gasteiger partial charge is 0.497 e. The Morgan fingerprint density at radius 1 is 1.03 bits per heavy atom. The number of methoxy groups -OCH3 is 2. The number of carbonyl (C=O) groups excluding carboxylic acids is 1. The van der Waals surface area contributed by atoms with Crippen LogP contribution in [0.2, 0.25) is 0 Å². The van der Waals surface area contributed by atoms with Crippen molar-refractivity contribution < 1.29 is 19.0 Å². The van der Waals surface area contributed by atoms with Crippen molar-refractivity contribution >= 4 is 33.1 Å². The molecule has 166 valence electrons. The number of benzene rings is 2. The zero-order chi connectivity index (χ0) is 22.5. The van der Waals surface area contributed by atoms with E-state index in [-0.39, 0.29) is 5.91 Å². The van der Waals surface area contributed by atoms with Gasteiger partial charge in [-0.15, -0.1) is 11.3 Å². The number of aromatic nitrogens is 1. The van der Waals surface area contributed by atoms with E-state index in [1.807, 2.05) is 71.5 Å². The van der Waals surface area contributed by atoms with E-state index in [2.05, 4.69) is 5.32 Å². The van der Waals surface area contributed by atoms with Gasteiger partial charge in [0.05, 0.1) is 23.9 Å². The molecule has 4 rings (SSSR count). The first kappa shape index (κ1) is 21.9. The molecule has 0 aliphatic rings. The van der Waals surface area contributed by atoms with Crippen molar-refractivity contribution in [3.05, 3.63) is 76.8 Å². The Bertz CT molecular complexity index is 1210. The van der Waals surface area contributed by atoms with Crippen LogP contribution in [0.3, 0.4) is 0 Å². The number of amides is 1. The van der Waals surface area contributed by atoms with E-state index < -0.39 is 0 Å². The van der Waals surface area contributed by atoms with Gasteiger partial charge in [0.2, 0.25) is 0 Å². The number of ether oxygens (including phenoxy) is 3. The number of anilines is 1. The minimum absolute atomic E-state index is 0.143. The fraction of sp³-hybridized carbons (Fsp3) is 0.240. The molecule has 32 heavy (non-hydrogen) atoms. The standard InChI is InChI=1S/C25H26N2O4S/c1-4-27-22-12-13-32-24(22)14-23(27)25(28)26-21-7-5-6-17(15-29-2)20(21)16-31-19-10-8-18(30-3)9-11-19/h5-14H,4,15-16H2,1-3H3,(H,26,28). The third-order valence-electron chi connectivity index (χ3n) is 5.34. The summed E-state index contributed by atoms with van der Waals surface area (Å²) in [4.78, 5) is 13.2. The molecule has 0 aliphatic carbocycles. The van der Waals surface area contributed by atoms with Gasteiger partial charge in [0.15, 0.2) is 0 Å². The summed E-state index contributed by atoms with van der Waals surface area (Å²) in [6.45, 7) is 3.48. The van der Waals surface area contributed by atoms with E-state index in [0.29, 0.717) is 24.6 Å². The Morgan fingerprint density at radius 2 is 1.81 bits per heavy atom. The van der Waals surface area contributed by atoms with Gasteiger partial charge in [0.1, 0.15) is 23.8 Å². The number of fused-ring (bicyclic) bond motifs is 1. The van der Waals surface area contributed by atoms with Crippen LogP contribution in [-0.2, 0) is 24.5 Å². The topological polar surface area (TPSA) is 61.7 Å². The zero-order valence-electron chi connectivity index (χ0n) is 18.4. The molecule has 0 aliphatic heterocycles. The van der Waals surface area contributed by atoms with Crippen molar-refractivity contribution in [3.8, 4) is 11.5 Å². The van der Waals surface area contributed by atoms with E-state index in [1.54, 1.807) is 25.6 Å². The lowest BCUT2D eigenvalue weighted by atomic mass is 10.1. The summed E-state index contributed by atoms with van der Waals surface area (Å²) >= 11 is 1.64. The molecule has 2 aromatic heterocycles. The Morgan fingerprint density at radius 3 is 2.53 bits per heavy atom. The van der Waals surface area contributed by atoms with Crippen LogP contribution in [0.5, 0.6) is 11.5 Å². The van der Waals surface area contributed by atoms with Crippen molar-refractivity contribution in [1.29, 1.82) is 0 Å². The lowest BCUT2D eigenvalue weighted by Gasteiger charge is -2.17. The molecule has 0 spiro atoms. The van der Waals surface area contributed by atoms with Gasteiger partial charge in [-0.3, -0.25) is 4.79 Å². The fourth-order valence-corrected chi connectivity index (χ4v) is 4.55. The van der Waals surface area contributed by atoms with E-state index >= 15 is 0 Å². The first-order valence-corrected chi connectivity index (χ1v) is 11.3. The number of hydrogen-bond acceptors (Lipinski definition) is 5. The fourth-order valence-electron chi connectivity index (χ4n) is 3.73. The minimum atomic E-state index is -0.143. The van der Waals surface area contributed by atoms with Gasteiger partial charge < -0.3 is 24.1 Å². The molecule has 0 saturated carbocycles. The molecule has 2 heterocycles. The van der Waals surface area contributed by atoms with Crippen molar-refractivity contribution in [1.82, 2.24) is 4.57 Å². The summed E-state index contributed by atoms with van der Waals surface area (Å²) in [6.07, 6.45) is 0. The number of hydrogen-bond donors (Lipinski definition) is 1. The molecular formula is C25H26N2O4S. The van der Waals surface area contributed by atoms with Crippen molar-refractivity contribution in [2.24, 2.45) is 0 Å². The highest BCUT2D eigenvalue weighted by atomic mass is 32.1. The lowest BCUT2D eigenvalue weighted by molar-refractivity contribution is 0.101. The Hall–Kier alpha value is -3.29. The highest BCUT2D eigenvalue weighted by Crippen LogP contribution is 2.28. The van der Waals surface area contributed by atoms with Crippen LogP contribution in [0.15, 0.2) is 60.0 Å². The maximum atomic E-state index is 13.2. The molecule has 0 radical (unpaired) electrons. The summed E-state index contributed by atoms with van der Waals surface area (Å²) in [6, 6.07) is 17.2. The molecule has 1 N–H and O–H groups in total. The second-order valence-electron chi connectivity index (χ2n) is 7.24. The van der Waals surface area contributed by atoms with Crippen LogP contribution in [0.4, 0.5) is 5.69 Å². The maximum absolute atomic E-state index is 13.2. The molecule has 0 unspecified atom stereocenters. The molecule has 7 heteroatoms. The van der Waals surface area contributed by atoms with Gasteiger partial charge in [0, 0.05) is 24.9 Å². The highest BCUT2D eigenvalue weighted by Gasteiger charge is 2.18. The third kappa shape index (κ3) is 4.49. The van der Waals surface area contributed by atoms with Gasteiger partial charge in [-0.1, -0.05) is 12.1 Å². The smallest absolute Gasteiger partial charge is 0.272 e. The van der Waals surface area contributed by atoms with Gasteiger partial charge in [0.25, 0.3) is 5.91 Å². The Kier molecular flexibility index (Phi) is 6.78. The van der Waals surface area contributed by atoms with Crippen molar-refractivity contribution in [3.63, 3.8) is 0 Å². The van der Waals surface area contributed by atoms with Crippen molar-refractivity contribution in [2.45, 2.75) is 26.7 Å². The zero-order valence-corrected chi connectivity index (χ0v) is 19.2. The van der Waals surface area contributed by atoms with Crippen LogP contribution in [0.25, 0.3) is 10.2 Å². The average molecular weight is 451 g/mol. The van der Waals surface area contributed by atoms with E-state index in [0.717, 1.165) is 39.4 Å². The molecule has 4 aromatic rings. The van der Waals surface area contributed by atoms with Crippen molar-refractivity contribution in [2.75, 3.05) is 19.5 Å². The summed E-state index contributed by atoms with van der Waals surface area (Å²) < 4.78 is 19.7. The maximum Gasteiger partial charge on any atom is 0.272 e. The molecule has 1 amide bonds. The first-order valence-electron chi connectivity index (χ1n) is 10.4. The first-order chi connectivity index (χ1) is 15.6. The Balaban J connectivity index is 1.60. The average Bonchev–Trinajstić information content (AvgIpc) is 3.40. The SMILES string of the molecule is CCn1c(C(=O)Nc2cccc(COC)c2COc2ccc(OC)cc2)cc2sccc21. The lowest BCUT2D eigenvalue weighted by Crippen LogP contribution is -2.18. The predicted octanol–water partition coefficient (Wildman–Crippen LogP) is 5.71. The molecule has 0 saturated heterocycles. The number of thiophene rings is 1. The molecule has 0 atom stereocenters. The molecular weight excluding hydrogens is 424 g/mol. The van der Waals surface area contributed by atoms with E-state index in [4.69, 9.17) is 14.2 Å². The molecule has 0 bridgehead atoms. The monoisotopic (exact) mass is 450 g/mol. The van der Waals surface area contributed by atoms with Crippen LogP contribution in [-0.4, -0.2) is 24.7 Å². The third-order valence-corrected chi connectivity index (χ3v) is 6.19. The number of nitrogens with zero attached hydrogens (tertiary/aromatic N) is 1. The van der Waals surface area contributed by atoms with E-state index in [9.17, 15) is 4.79 Å². The highest BCUT2D eigenvalue weighted by molar-refractivity contribution is 7.17. The summed E-state index contributed by atoms with van der Waals surface area (Å²) in [5.74, 6) is 1.34. The second kappa shape index (κ2) is 9.89. The minimum Gasteiger partial charge on any atom is -0.497 e. The van der Waals surface area contributed by atoms with Crippen LogP contribution < -0.4 is 14.8 Å². The van der Waals surface area contributed by atoms with Crippen LogP contribution in [0, 0.1) is 0 Å². The quantitative estimate of drug-likeness (QED) is 0.355. The van der Waals surface area contributed by atoms with E-state index in [1.165, 1.54) is 0 Å². The summed E-state index contributed by atoms with van der Waals surface area (Å²) in [5, 5.41) is 5.14. The summed E-state index contributed by atoms with van der Waals surface area (Å²) in [7, 11) is 3.28. The number of rotatable bonds is 9. The number of carbonyl (C=O) groups is 1. The van der Waals surface area contributed by atoms with Crippen LogP contribution in [0.1, 0.15) is 28.5 Å². The number of nitrogens with one attached hydrogen (secondary N) is 1. The molecule has 0 fully saturated rings. The molecule has 6 nitrogen and oxygen atoms in total. The predicted molar refractivity (Wildman–Crippen MR) is 128 cm³/mol. The normalized spacial score (nSPS) is 11.0. The van der Waals surface area contributed by atoms with Gasteiger partial charge in [-0.2, -0.15) is 0 Å². The Labute approximate surface area is 191 Å². The van der Waals surface area contributed by atoms with Gasteiger partial charge >= 0.3 is 0 Å². The van der Waals surface area contributed by atoms with Gasteiger partial charge in [-0.05, 0) is 60.3 Å².